The van der Waals surface area contributed by atoms with Gasteiger partial charge in [0.15, 0.2) is 27.2 Å². The zero-order chi connectivity index (χ0) is 21.3. The fourth-order valence-corrected chi connectivity index (χ4v) is 3.28. The van der Waals surface area contributed by atoms with Gasteiger partial charge in [0.05, 0.1) is 6.20 Å². The second-order valence-electron chi connectivity index (χ2n) is 6.57. The van der Waals surface area contributed by atoms with Crippen molar-refractivity contribution in [2.24, 2.45) is 7.05 Å². The third-order valence-electron chi connectivity index (χ3n) is 3.95. The number of pyridine rings is 1. The summed E-state index contributed by atoms with van der Waals surface area (Å²) in [6, 6.07) is 4.38. The first-order chi connectivity index (χ1) is 13.5. The fourth-order valence-electron chi connectivity index (χ4n) is 2.68. The molecular weight excluding hydrogens is 404 g/mol. The van der Waals surface area contributed by atoms with E-state index in [1.54, 1.807) is 20.0 Å². The summed E-state index contributed by atoms with van der Waals surface area (Å²) >= 11 is 0. The third kappa shape index (κ3) is 4.83. The Morgan fingerprint density at radius 2 is 1.90 bits per heavy atom. The lowest BCUT2D eigenvalue weighted by molar-refractivity contribution is 0.435. The zero-order valence-electron chi connectivity index (χ0n) is 15.8. The summed E-state index contributed by atoms with van der Waals surface area (Å²) in [4.78, 5) is 20.2. The maximum absolute atomic E-state index is 14.0. The lowest BCUT2D eigenvalue weighted by atomic mass is 10.1. The molecule has 3 rings (SSSR count). The Morgan fingerprint density at radius 1 is 1.17 bits per heavy atom. The van der Waals surface area contributed by atoms with E-state index in [0.29, 0.717) is 17.2 Å². The van der Waals surface area contributed by atoms with Crippen molar-refractivity contribution >= 4 is 9.84 Å². The number of aryl methyl sites for hydroxylation is 2. The smallest absolute Gasteiger partial charge is 0.253 e. The van der Waals surface area contributed by atoms with Gasteiger partial charge < -0.3 is 9.30 Å². The zero-order valence-corrected chi connectivity index (χ0v) is 16.6. The Labute approximate surface area is 165 Å². The van der Waals surface area contributed by atoms with Crippen molar-refractivity contribution in [1.82, 2.24) is 14.5 Å². The summed E-state index contributed by atoms with van der Waals surface area (Å²) in [7, 11) is -1.85. The van der Waals surface area contributed by atoms with Crippen molar-refractivity contribution in [1.29, 1.82) is 0 Å². The minimum atomic E-state index is -3.41. The first kappa shape index (κ1) is 20.6. The number of aromatic nitrogens is 3. The predicted octanol–water partition coefficient (Wildman–Crippen LogP) is 2.77. The van der Waals surface area contributed by atoms with E-state index in [0.717, 1.165) is 18.4 Å². The van der Waals surface area contributed by atoms with Crippen molar-refractivity contribution in [3.63, 3.8) is 0 Å². The summed E-state index contributed by atoms with van der Waals surface area (Å²) in [6.45, 7) is 1.62. The van der Waals surface area contributed by atoms with E-state index >= 15 is 0 Å². The van der Waals surface area contributed by atoms with Crippen molar-refractivity contribution in [2.75, 3.05) is 6.26 Å². The molecule has 3 aromatic rings. The van der Waals surface area contributed by atoms with Crippen LogP contribution in [0.5, 0.6) is 11.5 Å². The van der Waals surface area contributed by atoms with Crippen LogP contribution in [0.15, 0.2) is 41.5 Å². The Kier molecular flexibility index (Phi) is 5.47. The molecule has 0 fully saturated rings. The average Bonchev–Trinajstić information content (AvgIpc) is 2.61. The molecule has 0 N–H and O–H groups in total. The highest BCUT2D eigenvalue weighted by Gasteiger charge is 2.17. The molecule has 0 radical (unpaired) electrons. The highest BCUT2D eigenvalue weighted by Crippen LogP contribution is 2.32. The van der Waals surface area contributed by atoms with Crippen LogP contribution in [0.2, 0.25) is 0 Å². The summed E-state index contributed by atoms with van der Waals surface area (Å²) in [5.74, 6) is -2.31. The van der Waals surface area contributed by atoms with E-state index in [-0.39, 0.29) is 28.6 Å². The number of sulfone groups is 1. The van der Waals surface area contributed by atoms with E-state index < -0.39 is 27.2 Å². The highest BCUT2D eigenvalue weighted by molar-refractivity contribution is 7.89. The fraction of sp³-hybridized carbons (Fsp3) is 0.211. The molecule has 0 amide bonds. The number of hydrogen-bond donors (Lipinski definition) is 0. The van der Waals surface area contributed by atoms with Gasteiger partial charge >= 0.3 is 0 Å². The monoisotopic (exact) mass is 421 g/mol. The minimum Gasteiger partial charge on any atom is -0.450 e. The molecule has 0 aliphatic rings. The summed E-state index contributed by atoms with van der Waals surface area (Å²) < 4.78 is 57.3. The van der Waals surface area contributed by atoms with Crippen LogP contribution in [-0.2, 0) is 22.6 Å². The van der Waals surface area contributed by atoms with Crippen LogP contribution in [0.3, 0.4) is 0 Å². The van der Waals surface area contributed by atoms with E-state index in [4.69, 9.17) is 4.74 Å². The molecule has 0 spiro atoms. The normalized spacial score (nSPS) is 11.5. The Balaban J connectivity index is 2.16. The van der Waals surface area contributed by atoms with Gasteiger partial charge in [0.25, 0.3) is 5.56 Å². The number of ether oxygens (including phenoxy) is 1. The molecule has 29 heavy (non-hydrogen) atoms. The van der Waals surface area contributed by atoms with Crippen LogP contribution < -0.4 is 10.3 Å². The van der Waals surface area contributed by atoms with Crippen LogP contribution in [0.25, 0.3) is 11.3 Å². The lowest BCUT2D eigenvalue weighted by Gasteiger charge is -2.13. The van der Waals surface area contributed by atoms with Crippen LogP contribution in [-0.4, -0.2) is 29.2 Å². The molecule has 0 aliphatic carbocycles. The van der Waals surface area contributed by atoms with Crippen molar-refractivity contribution in [2.45, 2.75) is 12.7 Å². The molecule has 1 aromatic carbocycles. The SMILES string of the molecule is Cc1cc(-c2nc(CS(C)(=O)=O)ncc2Oc2ccc(F)cc2F)cn(C)c1=O. The number of nitrogens with zero attached hydrogens (tertiary/aromatic N) is 3. The van der Waals surface area contributed by atoms with Gasteiger partial charge in [0, 0.05) is 36.7 Å². The first-order valence-electron chi connectivity index (χ1n) is 8.37. The average molecular weight is 421 g/mol. The summed E-state index contributed by atoms with van der Waals surface area (Å²) in [5.41, 5.74) is 0.818. The third-order valence-corrected chi connectivity index (χ3v) is 4.73. The van der Waals surface area contributed by atoms with Crippen LogP contribution >= 0.6 is 0 Å². The van der Waals surface area contributed by atoms with E-state index in [2.05, 4.69) is 9.97 Å². The number of halogens is 2. The second-order valence-corrected chi connectivity index (χ2v) is 8.71. The molecule has 7 nitrogen and oxygen atoms in total. The Morgan fingerprint density at radius 3 is 2.52 bits per heavy atom. The van der Waals surface area contributed by atoms with Gasteiger partial charge in [-0.05, 0) is 25.1 Å². The maximum atomic E-state index is 14.0. The molecule has 2 aromatic heterocycles. The number of hydrogen-bond acceptors (Lipinski definition) is 6. The summed E-state index contributed by atoms with van der Waals surface area (Å²) in [5, 5.41) is 0. The van der Waals surface area contributed by atoms with Crippen LogP contribution in [0.4, 0.5) is 8.78 Å². The van der Waals surface area contributed by atoms with Gasteiger partial charge in [-0.2, -0.15) is 0 Å². The Bertz CT molecular complexity index is 1230. The first-order valence-corrected chi connectivity index (χ1v) is 10.4. The van der Waals surface area contributed by atoms with E-state index in [1.807, 2.05) is 0 Å². The van der Waals surface area contributed by atoms with Gasteiger partial charge in [-0.15, -0.1) is 0 Å². The summed E-state index contributed by atoms with van der Waals surface area (Å²) in [6.07, 6.45) is 3.76. The van der Waals surface area contributed by atoms with Crippen LogP contribution in [0.1, 0.15) is 11.4 Å². The second kappa shape index (κ2) is 7.70. The molecule has 10 heteroatoms. The molecule has 152 valence electrons. The molecule has 0 bridgehead atoms. The van der Waals surface area contributed by atoms with Gasteiger partial charge in [0.2, 0.25) is 0 Å². The van der Waals surface area contributed by atoms with Gasteiger partial charge in [-0.1, -0.05) is 0 Å². The molecule has 0 atom stereocenters. The van der Waals surface area contributed by atoms with E-state index in [1.165, 1.54) is 17.0 Å². The van der Waals surface area contributed by atoms with Gasteiger partial charge in [-0.3, -0.25) is 4.79 Å². The molecule has 0 unspecified atom stereocenters. The lowest BCUT2D eigenvalue weighted by Crippen LogP contribution is -2.18. The van der Waals surface area contributed by atoms with Crippen LogP contribution in [0, 0.1) is 18.6 Å². The molecule has 0 saturated heterocycles. The minimum absolute atomic E-state index is 0.0148. The number of benzene rings is 1. The van der Waals surface area contributed by atoms with Crippen molar-refractivity contribution in [3.05, 3.63) is 70.0 Å². The largest absolute Gasteiger partial charge is 0.450 e. The van der Waals surface area contributed by atoms with Crippen molar-refractivity contribution in [3.8, 4) is 22.8 Å². The number of rotatable bonds is 5. The molecular formula is C19H17F2N3O4S. The van der Waals surface area contributed by atoms with E-state index in [9.17, 15) is 22.0 Å². The highest BCUT2D eigenvalue weighted by atomic mass is 32.2. The van der Waals surface area contributed by atoms with Gasteiger partial charge in [0.1, 0.15) is 23.1 Å². The topological polar surface area (TPSA) is 91.2 Å². The predicted molar refractivity (Wildman–Crippen MR) is 102 cm³/mol. The molecule has 2 heterocycles. The van der Waals surface area contributed by atoms with Gasteiger partial charge in [-0.25, -0.2) is 27.2 Å². The molecule has 0 aliphatic heterocycles. The maximum Gasteiger partial charge on any atom is 0.253 e. The molecule has 0 saturated carbocycles. The Hall–Kier alpha value is -3.14. The van der Waals surface area contributed by atoms with Crippen molar-refractivity contribution < 1.29 is 21.9 Å². The quantitative estimate of drug-likeness (QED) is 0.629. The standard InChI is InChI=1S/C19H17F2N3O4S/c1-11-6-12(9-24(2)19(11)25)18-16(8-22-17(23-18)10-29(3,26)27)28-15-5-4-13(20)7-14(15)21/h4-9H,10H2,1-3H3.